The molecule has 0 aliphatic carbocycles. The first-order valence-electron chi connectivity index (χ1n) is 6.67. The van der Waals surface area contributed by atoms with Crippen LogP contribution in [-0.4, -0.2) is 42.0 Å². The molecule has 7 atom stereocenters. The minimum Gasteiger partial charge on any atom is -0.367 e. The summed E-state index contributed by atoms with van der Waals surface area (Å²) in [6.45, 7) is 0. The Hall–Kier alpha value is -1.67. The average Bonchev–Trinajstić information content (AvgIpc) is 3.13. The summed E-state index contributed by atoms with van der Waals surface area (Å²) in [5.41, 5.74) is 9.42. The Morgan fingerprint density at radius 1 is 1.00 bits per heavy atom. The molecular formula is C13H13N3O5. The number of rotatable bonds is 2. The second-order valence-electron chi connectivity index (χ2n) is 5.14. The van der Waals surface area contributed by atoms with E-state index in [0.717, 1.165) is 5.56 Å². The zero-order valence-corrected chi connectivity index (χ0v) is 10.9. The lowest BCUT2D eigenvalue weighted by atomic mass is 10.1. The van der Waals surface area contributed by atoms with Crippen LogP contribution >= 0.6 is 0 Å². The molecule has 0 spiro atoms. The smallest absolute Gasteiger partial charge is 0.190 e. The lowest BCUT2D eigenvalue weighted by molar-refractivity contribution is -0.164. The summed E-state index contributed by atoms with van der Waals surface area (Å²) in [6, 6.07) is 8.72. The first kappa shape index (κ1) is 13.0. The van der Waals surface area contributed by atoms with Gasteiger partial charge in [-0.15, -0.1) is 0 Å². The van der Waals surface area contributed by atoms with Crippen LogP contribution in [0, 0.1) is 0 Å². The Bertz CT molecular complexity index is 578. The van der Waals surface area contributed by atoms with Crippen molar-refractivity contribution < 1.29 is 24.1 Å². The van der Waals surface area contributed by atoms with Gasteiger partial charge in [0.15, 0.2) is 18.9 Å². The van der Waals surface area contributed by atoms with Gasteiger partial charge in [-0.25, -0.2) is 0 Å². The number of aliphatic hydroxyl groups is 1. The molecule has 0 amide bonds. The van der Waals surface area contributed by atoms with Crippen molar-refractivity contribution in [2.45, 2.75) is 43.2 Å². The molecule has 0 bridgehead atoms. The van der Waals surface area contributed by atoms with Crippen molar-refractivity contribution in [1.29, 1.82) is 0 Å². The van der Waals surface area contributed by atoms with Gasteiger partial charge in [0.2, 0.25) is 0 Å². The zero-order valence-electron chi connectivity index (χ0n) is 10.9. The maximum absolute atomic E-state index is 9.77. The predicted molar refractivity (Wildman–Crippen MR) is 67.6 cm³/mol. The number of azide groups is 1. The first-order chi connectivity index (χ1) is 10.3. The molecule has 21 heavy (non-hydrogen) atoms. The quantitative estimate of drug-likeness (QED) is 0.501. The summed E-state index contributed by atoms with van der Waals surface area (Å²) in [7, 11) is 0. The summed E-state index contributed by atoms with van der Waals surface area (Å²) >= 11 is 0. The summed E-state index contributed by atoms with van der Waals surface area (Å²) in [5.74, 6) is 0. The standard InChI is InChI=1S/C13H13N3O5/c14-16-15-7-8-9(18-11(7)17)10-13(19-8)21-12(20-10)6-4-2-1-3-5-6/h1-5,7-13,17H/t7-,8+,9-,10+,11?,12?,13+/m0/s1. The second-order valence-corrected chi connectivity index (χ2v) is 5.14. The Morgan fingerprint density at radius 2 is 1.81 bits per heavy atom. The average molecular weight is 291 g/mol. The molecule has 1 aromatic rings. The van der Waals surface area contributed by atoms with Gasteiger partial charge in [-0.1, -0.05) is 35.4 Å². The number of hydrogen-bond acceptors (Lipinski definition) is 6. The van der Waals surface area contributed by atoms with Crippen LogP contribution in [0.3, 0.4) is 0 Å². The second kappa shape index (κ2) is 4.96. The van der Waals surface area contributed by atoms with Gasteiger partial charge in [-0.3, -0.25) is 0 Å². The molecule has 1 aromatic carbocycles. The third-order valence-corrected chi connectivity index (χ3v) is 3.93. The number of fused-ring (bicyclic) bond motifs is 3. The number of benzene rings is 1. The minimum atomic E-state index is -1.18. The normalized spacial score (nSPS) is 44.1. The molecule has 3 saturated heterocycles. The lowest BCUT2D eigenvalue weighted by Crippen LogP contribution is -2.32. The maximum atomic E-state index is 9.77. The summed E-state index contributed by atoms with van der Waals surface area (Å²) in [6.07, 6.45) is -3.81. The van der Waals surface area contributed by atoms with Crippen molar-refractivity contribution >= 4 is 0 Å². The van der Waals surface area contributed by atoms with Gasteiger partial charge >= 0.3 is 0 Å². The molecule has 3 heterocycles. The first-order valence-corrected chi connectivity index (χ1v) is 6.67. The van der Waals surface area contributed by atoms with E-state index in [1.165, 1.54) is 0 Å². The van der Waals surface area contributed by atoms with Crippen molar-refractivity contribution in [3.8, 4) is 0 Å². The molecule has 3 fully saturated rings. The fraction of sp³-hybridized carbons (Fsp3) is 0.538. The molecule has 110 valence electrons. The monoisotopic (exact) mass is 291 g/mol. The van der Waals surface area contributed by atoms with Crippen molar-refractivity contribution in [2.24, 2.45) is 5.11 Å². The van der Waals surface area contributed by atoms with Gasteiger partial charge in [0.1, 0.15) is 24.4 Å². The molecule has 2 unspecified atom stereocenters. The lowest BCUT2D eigenvalue weighted by Gasteiger charge is -2.17. The van der Waals surface area contributed by atoms with E-state index in [1.54, 1.807) is 0 Å². The van der Waals surface area contributed by atoms with Gasteiger partial charge in [0.05, 0.1) is 0 Å². The third-order valence-electron chi connectivity index (χ3n) is 3.93. The van der Waals surface area contributed by atoms with Crippen LogP contribution in [0.1, 0.15) is 11.9 Å². The molecule has 8 nitrogen and oxygen atoms in total. The number of nitrogens with zero attached hydrogens (tertiary/aromatic N) is 3. The van der Waals surface area contributed by atoms with E-state index in [0.29, 0.717) is 0 Å². The molecule has 0 radical (unpaired) electrons. The molecule has 4 rings (SSSR count). The minimum absolute atomic E-state index is 0.450. The predicted octanol–water partition coefficient (Wildman–Crippen LogP) is 1.22. The van der Waals surface area contributed by atoms with Crippen molar-refractivity contribution in [3.63, 3.8) is 0 Å². The number of hydrogen-bond donors (Lipinski definition) is 1. The van der Waals surface area contributed by atoms with Gasteiger partial charge in [-0.05, 0) is 5.53 Å². The van der Waals surface area contributed by atoms with Gasteiger partial charge in [0.25, 0.3) is 0 Å². The summed E-state index contributed by atoms with van der Waals surface area (Å²) < 4.78 is 22.7. The Kier molecular flexibility index (Phi) is 3.07. The van der Waals surface area contributed by atoms with E-state index >= 15 is 0 Å². The molecule has 8 heteroatoms. The van der Waals surface area contributed by atoms with Crippen molar-refractivity contribution in [1.82, 2.24) is 0 Å². The van der Waals surface area contributed by atoms with E-state index in [1.807, 2.05) is 30.3 Å². The number of ether oxygens (including phenoxy) is 4. The van der Waals surface area contributed by atoms with Gasteiger partial charge in [0, 0.05) is 10.5 Å². The van der Waals surface area contributed by atoms with Crippen LogP contribution in [0.4, 0.5) is 0 Å². The van der Waals surface area contributed by atoms with E-state index in [9.17, 15) is 5.11 Å². The van der Waals surface area contributed by atoms with Crippen LogP contribution in [0.2, 0.25) is 0 Å². The fourth-order valence-electron chi connectivity index (χ4n) is 2.98. The van der Waals surface area contributed by atoms with Gasteiger partial charge in [-0.2, -0.15) is 0 Å². The Balaban J connectivity index is 1.52. The van der Waals surface area contributed by atoms with Gasteiger partial charge < -0.3 is 24.1 Å². The van der Waals surface area contributed by atoms with Crippen LogP contribution < -0.4 is 0 Å². The SMILES string of the molecule is [N-]=[N+]=N[C@@H]1C(O)O[C@@H]2[C@H]3OC(c4ccccc4)O[C@H]3O[C@@H]21. The molecular weight excluding hydrogens is 278 g/mol. The topological polar surface area (TPSA) is 106 Å². The summed E-state index contributed by atoms with van der Waals surface area (Å²) in [4.78, 5) is 2.71. The zero-order chi connectivity index (χ0) is 14.4. The molecule has 0 aromatic heterocycles. The highest BCUT2D eigenvalue weighted by Gasteiger charge is 2.60. The highest BCUT2D eigenvalue weighted by Crippen LogP contribution is 2.44. The van der Waals surface area contributed by atoms with Crippen molar-refractivity contribution in [2.75, 3.05) is 0 Å². The van der Waals surface area contributed by atoms with E-state index in [-0.39, 0.29) is 0 Å². The van der Waals surface area contributed by atoms with E-state index < -0.39 is 43.2 Å². The largest absolute Gasteiger partial charge is 0.367 e. The van der Waals surface area contributed by atoms with Crippen LogP contribution in [0.5, 0.6) is 0 Å². The molecule has 3 aliphatic heterocycles. The third kappa shape index (κ3) is 2.01. The highest BCUT2D eigenvalue weighted by atomic mass is 16.8. The van der Waals surface area contributed by atoms with Crippen LogP contribution in [0.25, 0.3) is 10.4 Å². The number of aliphatic hydroxyl groups excluding tert-OH is 1. The molecule has 1 N–H and O–H groups in total. The molecule has 0 saturated carbocycles. The van der Waals surface area contributed by atoms with E-state index in [2.05, 4.69) is 10.0 Å². The van der Waals surface area contributed by atoms with E-state index in [4.69, 9.17) is 24.5 Å². The van der Waals surface area contributed by atoms with Crippen LogP contribution in [0.15, 0.2) is 35.4 Å². The highest BCUT2D eigenvalue weighted by molar-refractivity contribution is 5.17. The molecule has 3 aliphatic rings. The fourth-order valence-corrected chi connectivity index (χ4v) is 2.98. The maximum Gasteiger partial charge on any atom is 0.190 e. The van der Waals surface area contributed by atoms with Crippen LogP contribution in [-0.2, 0) is 18.9 Å². The summed E-state index contributed by atoms with van der Waals surface area (Å²) in [5, 5.41) is 13.3. The van der Waals surface area contributed by atoms with Crippen molar-refractivity contribution in [3.05, 3.63) is 46.3 Å². The Labute approximate surface area is 119 Å². The Morgan fingerprint density at radius 3 is 2.57 bits per heavy atom.